The first-order valence-electron chi connectivity index (χ1n) is 6.22. The predicted octanol–water partition coefficient (Wildman–Crippen LogP) is 1.17. The van der Waals surface area contributed by atoms with Crippen molar-refractivity contribution in [3.8, 4) is 0 Å². The normalized spacial score (nSPS) is 11.1. The van der Waals surface area contributed by atoms with Crippen molar-refractivity contribution < 1.29 is 23.2 Å². The monoisotopic (exact) mass is 337 g/mol. The number of nitrogens with one attached hydrogen (secondary N) is 1. The van der Waals surface area contributed by atoms with Crippen LogP contribution in [0.3, 0.4) is 0 Å². The molecule has 2 aromatic rings. The van der Waals surface area contributed by atoms with Gasteiger partial charge in [-0.3, -0.25) is 15.1 Å². The molecule has 0 saturated carbocycles. The molecule has 1 aromatic carbocycles. The number of nitro groups is 1. The van der Waals surface area contributed by atoms with Crippen molar-refractivity contribution in [3.05, 3.63) is 64.0 Å². The van der Waals surface area contributed by atoms with Crippen LogP contribution in [0.4, 0.5) is 5.69 Å². The Kier molecular flexibility index (Phi) is 4.67. The van der Waals surface area contributed by atoms with E-state index in [1.54, 1.807) is 0 Å². The minimum absolute atomic E-state index is 0.00969. The summed E-state index contributed by atoms with van der Waals surface area (Å²) in [5.74, 6) is -1.15. The largest absolute Gasteiger partial charge is 0.478 e. The first kappa shape index (κ1) is 16.5. The number of nitro benzene ring substituents is 1. The van der Waals surface area contributed by atoms with Crippen LogP contribution in [-0.4, -0.2) is 29.4 Å². The number of carboxylic acid groups (broad SMARTS) is 1. The minimum Gasteiger partial charge on any atom is -0.478 e. The molecule has 2 N–H and O–H groups in total. The van der Waals surface area contributed by atoms with Crippen LogP contribution in [0.25, 0.3) is 0 Å². The average molecular weight is 337 g/mol. The number of carbonyl (C=O) groups is 1. The third-order valence-corrected chi connectivity index (χ3v) is 4.28. The summed E-state index contributed by atoms with van der Waals surface area (Å²) in [5.41, 5.74) is -0.000281. The zero-order valence-electron chi connectivity index (χ0n) is 11.5. The van der Waals surface area contributed by atoms with E-state index in [0.717, 1.165) is 24.3 Å². The summed E-state index contributed by atoms with van der Waals surface area (Å²) in [6.45, 7) is -0.208. The van der Waals surface area contributed by atoms with Crippen LogP contribution in [0.2, 0.25) is 0 Å². The van der Waals surface area contributed by atoms with E-state index in [9.17, 15) is 23.3 Å². The second-order valence-electron chi connectivity index (χ2n) is 4.42. The van der Waals surface area contributed by atoms with Gasteiger partial charge in [0.15, 0.2) is 0 Å². The fourth-order valence-corrected chi connectivity index (χ4v) is 2.71. The molecule has 1 aromatic heterocycles. The molecule has 2 rings (SSSR count). The Bertz CT molecular complexity index is 848. The van der Waals surface area contributed by atoms with Gasteiger partial charge in [-0.25, -0.2) is 17.9 Å². The van der Waals surface area contributed by atoms with Crippen molar-refractivity contribution in [2.75, 3.05) is 0 Å². The number of benzene rings is 1. The highest BCUT2D eigenvalue weighted by Gasteiger charge is 2.16. The van der Waals surface area contributed by atoms with E-state index in [2.05, 4.69) is 9.71 Å². The van der Waals surface area contributed by atoms with Gasteiger partial charge in [-0.05, 0) is 24.3 Å². The van der Waals surface area contributed by atoms with Gasteiger partial charge in [0.2, 0.25) is 10.0 Å². The lowest BCUT2D eigenvalue weighted by molar-refractivity contribution is -0.384. The van der Waals surface area contributed by atoms with Crippen LogP contribution in [-0.2, 0) is 16.6 Å². The lowest BCUT2D eigenvalue weighted by Gasteiger charge is -2.06. The van der Waals surface area contributed by atoms with E-state index < -0.39 is 20.9 Å². The minimum atomic E-state index is -3.89. The summed E-state index contributed by atoms with van der Waals surface area (Å²) in [5, 5.41) is 19.4. The first-order valence-corrected chi connectivity index (χ1v) is 7.70. The maximum Gasteiger partial charge on any atom is 0.335 e. The van der Waals surface area contributed by atoms with Crippen LogP contribution in [0.1, 0.15) is 16.1 Å². The van der Waals surface area contributed by atoms with Crippen molar-refractivity contribution >= 4 is 21.7 Å². The molecule has 1 heterocycles. The second kappa shape index (κ2) is 6.50. The topological polar surface area (TPSA) is 140 Å². The Morgan fingerprint density at radius 1 is 1.26 bits per heavy atom. The summed E-state index contributed by atoms with van der Waals surface area (Å²) in [6, 6.07) is 6.93. The molecular formula is C13H11N3O6S. The molecule has 0 fully saturated rings. The first-order chi connectivity index (χ1) is 10.8. The number of hydrogen-bond donors (Lipinski definition) is 2. The van der Waals surface area contributed by atoms with Crippen molar-refractivity contribution in [1.82, 2.24) is 9.71 Å². The fourth-order valence-electron chi connectivity index (χ4n) is 1.71. The highest BCUT2D eigenvalue weighted by atomic mass is 32.2. The Balaban J connectivity index is 2.14. The predicted molar refractivity (Wildman–Crippen MR) is 78.3 cm³/mol. The van der Waals surface area contributed by atoms with Gasteiger partial charge < -0.3 is 5.11 Å². The summed E-state index contributed by atoms with van der Waals surface area (Å²) in [4.78, 5) is 24.5. The number of non-ortho nitro benzene ring substituents is 1. The zero-order valence-corrected chi connectivity index (χ0v) is 12.4. The Morgan fingerprint density at radius 3 is 2.48 bits per heavy atom. The van der Waals surface area contributed by atoms with E-state index in [0.29, 0.717) is 0 Å². The molecule has 0 aliphatic rings. The third kappa shape index (κ3) is 4.08. The van der Waals surface area contributed by atoms with Gasteiger partial charge in [-0.15, -0.1) is 0 Å². The molecule has 0 spiro atoms. The number of carboxylic acids is 1. The van der Waals surface area contributed by atoms with Gasteiger partial charge in [0.05, 0.1) is 27.6 Å². The quantitative estimate of drug-likeness (QED) is 0.595. The number of aromatic nitrogens is 1. The van der Waals surface area contributed by atoms with Crippen LogP contribution in [0, 0.1) is 10.1 Å². The Morgan fingerprint density at radius 2 is 1.91 bits per heavy atom. The molecule has 0 radical (unpaired) electrons. The molecule has 0 aliphatic heterocycles. The number of nitrogens with zero attached hydrogens (tertiary/aromatic N) is 2. The van der Waals surface area contributed by atoms with Gasteiger partial charge in [0, 0.05) is 18.3 Å². The molecular weight excluding hydrogens is 326 g/mol. The second-order valence-corrected chi connectivity index (χ2v) is 6.18. The van der Waals surface area contributed by atoms with E-state index in [1.807, 2.05) is 0 Å². The molecule has 0 unspecified atom stereocenters. The van der Waals surface area contributed by atoms with E-state index in [-0.39, 0.29) is 28.4 Å². The Hall–Kier alpha value is -2.85. The van der Waals surface area contributed by atoms with Gasteiger partial charge in [0.1, 0.15) is 0 Å². The summed E-state index contributed by atoms with van der Waals surface area (Å²) < 4.78 is 26.4. The van der Waals surface area contributed by atoms with Crippen LogP contribution in [0.5, 0.6) is 0 Å². The number of aromatic carboxylic acids is 1. The van der Waals surface area contributed by atoms with E-state index in [1.165, 1.54) is 18.3 Å². The molecule has 10 heteroatoms. The van der Waals surface area contributed by atoms with E-state index >= 15 is 0 Å². The molecule has 0 amide bonds. The SMILES string of the molecule is O=C(O)c1ccnc(CNS(=O)(=O)c2ccc([N+](=O)[O-])cc2)c1. The summed E-state index contributed by atoms with van der Waals surface area (Å²) in [6.07, 6.45) is 1.26. The van der Waals surface area contributed by atoms with Crippen molar-refractivity contribution in [3.63, 3.8) is 0 Å². The average Bonchev–Trinajstić information content (AvgIpc) is 2.53. The van der Waals surface area contributed by atoms with Crippen LogP contribution < -0.4 is 4.72 Å². The highest BCUT2D eigenvalue weighted by molar-refractivity contribution is 7.89. The maximum atomic E-state index is 12.1. The number of rotatable bonds is 6. The summed E-state index contributed by atoms with van der Waals surface area (Å²) in [7, 11) is -3.89. The molecule has 0 aliphatic carbocycles. The van der Waals surface area contributed by atoms with E-state index in [4.69, 9.17) is 5.11 Å². The number of sulfonamides is 1. The van der Waals surface area contributed by atoms with Crippen molar-refractivity contribution in [2.45, 2.75) is 11.4 Å². The van der Waals surface area contributed by atoms with Crippen molar-refractivity contribution in [2.24, 2.45) is 0 Å². The van der Waals surface area contributed by atoms with Crippen molar-refractivity contribution in [1.29, 1.82) is 0 Å². The van der Waals surface area contributed by atoms with Gasteiger partial charge in [-0.2, -0.15) is 0 Å². The molecule has 0 saturated heterocycles. The molecule has 0 bridgehead atoms. The van der Waals surface area contributed by atoms with Crippen LogP contribution in [0.15, 0.2) is 47.5 Å². The zero-order chi connectivity index (χ0) is 17.0. The molecule has 9 nitrogen and oxygen atoms in total. The van der Waals surface area contributed by atoms with Gasteiger partial charge in [0.25, 0.3) is 5.69 Å². The number of pyridine rings is 1. The number of hydrogen-bond acceptors (Lipinski definition) is 6. The van der Waals surface area contributed by atoms with Crippen LogP contribution >= 0.6 is 0 Å². The summed E-state index contributed by atoms with van der Waals surface area (Å²) >= 11 is 0. The third-order valence-electron chi connectivity index (χ3n) is 2.86. The fraction of sp³-hybridized carbons (Fsp3) is 0.0769. The lowest BCUT2D eigenvalue weighted by Crippen LogP contribution is -2.23. The Labute approximate surface area is 130 Å². The van der Waals surface area contributed by atoms with Gasteiger partial charge in [-0.1, -0.05) is 0 Å². The smallest absolute Gasteiger partial charge is 0.335 e. The standard InChI is InChI=1S/C13H11N3O6S/c17-13(18)9-5-6-14-10(7-9)8-15-23(21,22)12-3-1-11(2-4-12)16(19)20/h1-7,15H,8H2,(H,17,18). The maximum absolute atomic E-state index is 12.1. The highest BCUT2D eigenvalue weighted by Crippen LogP contribution is 2.16. The molecule has 120 valence electrons. The molecule has 23 heavy (non-hydrogen) atoms. The lowest BCUT2D eigenvalue weighted by atomic mass is 10.2. The van der Waals surface area contributed by atoms with Gasteiger partial charge >= 0.3 is 5.97 Å². The molecule has 0 atom stereocenters.